The molecular formula is C18H13F4N3O2. The smallest absolute Gasteiger partial charge is 0.406 e. The van der Waals surface area contributed by atoms with Crippen LogP contribution in [-0.2, 0) is 13.2 Å². The quantitative estimate of drug-likeness (QED) is 0.662. The van der Waals surface area contributed by atoms with Crippen molar-refractivity contribution in [1.82, 2.24) is 9.78 Å². The monoisotopic (exact) mass is 379 g/mol. The first-order chi connectivity index (χ1) is 12.7. The lowest BCUT2D eigenvalue weighted by Crippen LogP contribution is -2.19. The molecule has 1 heterocycles. The molecule has 0 spiro atoms. The van der Waals surface area contributed by atoms with Gasteiger partial charge in [-0.25, -0.2) is 9.18 Å². The van der Waals surface area contributed by atoms with Gasteiger partial charge in [-0.2, -0.15) is 18.3 Å². The Kier molecular flexibility index (Phi) is 4.85. The van der Waals surface area contributed by atoms with Crippen LogP contribution in [0.25, 0.3) is 11.1 Å². The number of nitrogens with one attached hydrogen (secondary N) is 1. The SMILES string of the molecule is Cn1cc(OC(=O)Nc2ccccc2-c2cccc(F)c2)c(C(F)(F)F)n1. The molecule has 140 valence electrons. The summed E-state index contributed by atoms with van der Waals surface area (Å²) in [7, 11) is 1.28. The second-order valence-electron chi connectivity index (χ2n) is 5.58. The summed E-state index contributed by atoms with van der Waals surface area (Å²) in [5.41, 5.74) is -0.0800. The number of hydrogen-bond donors (Lipinski definition) is 1. The molecule has 0 aliphatic heterocycles. The number of benzene rings is 2. The molecule has 9 heteroatoms. The van der Waals surface area contributed by atoms with Crippen LogP contribution in [0.15, 0.2) is 54.7 Å². The maximum Gasteiger partial charge on any atom is 0.438 e. The van der Waals surface area contributed by atoms with Crippen LogP contribution in [-0.4, -0.2) is 15.9 Å². The number of rotatable bonds is 3. The molecule has 0 unspecified atom stereocenters. The average molecular weight is 379 g/mol. The number of aryl methyl sites for hydroxylation is 1. The molecule has 1 amide bonds. The van der Waals surface area contributed by atoms with E-state index in [0.717, 1.165) is 10.9 Å². The number of amides is 1. The maximum absolute atomic E-state index is 13.5. The Morgan fingerprint density at radius 2 is 1.89 bits per heavy atom. The van der Waals surface area contributed by atoms with Gasteiger partial charge in [0.2, 0.25) is 5.69 Å². The number of carbonyl (C=O) groups excluding carboxylic acids is 1. The van der Waals surface area contributed by atoms with Gasteiger partial charge in [0.25, 0.3) is 0 Å². The minimum Gasteiger partial charge on any atom is -0.406 e. The number of para-hydroxylation sites is 1. The summed E-state index contributed by atoms with van der Waals surface area (Å²) >= 11 is 0. The predicted molar refractivity (Wildman–Crippen MR) is 89.7 cm³/mol. The van der Waals surface area contributed by atoms with Gasteiger partial charge in [-0.3, -0.25) is 10.00 Å². The van der Waals surface area contributed by atoms with Crippen molar-refractivity contribution in [2.45, 2.75) is 6.18 Å². The molecule has 2 aromatic carbocycles. The molecule has 1 aromatic heterocycles. The van der Waals surface area contributed by atoms with Crippen molar-refractivity contribution in [3.8, 4) is 16.9 Å². The molecule has 0 radical (unpaired) electrons. The summed E-state index contributed by atoms with van der Waals surface area (Å²) in [5.74, 6) is -1.18. The predicted octanol–water partition coefficient (Wildman–Crippen LogP) is 4.86. The number of nitrogens with zero attached hydrogens (tertiary/aromatic N) is 2. The summed E-state index contributed by atoms with van der Waals surface area (Å²) < 4.78 is 58.0. The number of aromatic nitrogens is 2. The first kappa shape index (κ1) is 18.4. The lowest BCUT2D eigenvalue weighted by molar-refractivity contribution is -0.142. The van der Waals surface area contributed by atoms with Gasteiger partial charge < -0.3 is 4.74 Å². The summed E-state index contributed by atoms with van der Waals surface area (Å²) in [6.45, 7) is 0. The van der Waals surface area contributed by atoms with E-state index in [9.17, 15) is 22.4 Å². The Bertz CT molecular complexity index is 983. The standard InChI is InChI=1S/C18H13F4N3O2/c1-25-10-15(16(24-25)18(20,21)22)27-17(26)23-14-8-3-2-7-13(14)11-5-4-6-12(19)9-11/h2-10H,1H3,(H,23,26). The van der Waals surface area contributed by atoms with E-state index in [2.05, 4.69) is 10.4 Å². The van der Waals surface area contributed by atoms with Crippen molar-refractivity contribution in [3.05, 3.63) is 66.2 Å². The number of anilines is 1. The van der Waals surface area contributed by atoms with E-state index in [0.29, 0.717) is 11.1 Å². The van der Waals surface area contributed by atoms with Crippen LogP contribution in [0.4, 0.5) is 28.0 Å². The van der Waals surface area contributed by atoms with E-state index < -0.39 is 29.5 Å². The van der Waals surface area contributed by atoms with Crippen molar-refractivity contribution >= 4 is 11.8 Å². The van der Waals surface area contributed by atoms with Gasteiger partial charge in [-0.15, -0.1) is 0 Å². The number of alkyl halides is 3. The van der Waals surface area contributed by atoms with Crippen molar-refractivity contribution in [2.24, 2.45) is 7.05 Å². The van der Waals surface area contributed by atoms with Gasteiger partial charge in [0, 0.05) is 12.6 Å². The zero-order valence-corrected chi connectivity index (χ0v) is 13.9. The lowest BCUT2D eigenvalue weighted by Gasteiger charge is -2.12. The van der Waals surface area contributed by atoms with Crippen molar-refractivity contribution in [3.63, 3.8) is 0 Å². The van der Waals surface area contributed by atoms with Gasteiger partial charge in [0.15, 0.2) is 5.75 Å². The zero-order chi connectivity index (χ0) is 19.6. The molecule has 5 nitrogen and oxygen atoms in total. The van der Waals surface area contributed by atoms with Crippen LogP contribution in [0.3, 0.4) is 0 Å². The minimum absolute atomic E-state index is 0.255. The molecule has 0 fully saturated rings. The highest BCUT2D eigenvalue weighted by atomic mass is 19.4. The Morgan fingerprint density at radius 3 is 2.59 bits per heavy atom. The second kappa shape index (κ2) is 7.10. The lowest BCUT2D eigenvalue weighted by atomic mass is 10.0. The first-order valence-corrected chi connectivity index (χ1v) is 7.68. The van der Waals surface area contributed by atoms with Gasteiger partial charge in [-0.05, 0) is 23.8 Å². The van der Waals surface area contributed by atoms with Crippen LogP contribution >= 0.6 is 0 Å². The third kappa shape index (κ3) is 4.25. The van der Waals surface area contributed by atoms with Crippen molar-refractivity contribution in [2.75, 3.05) is 5.32 Å². The Balaban J connectivity index is 1.84. The maximum atomic E-state index is 13.5. The second-order valence-corrected chi connectivity index (χ2v) is 5.58. The van der Waals surface area contributed by atoms with Crippen molar-refractivity contribution in [1.29, 1.82) is 0 Å². The van der Waals surface area contributed by atoms with E-state index >= 15 is 0 Å². The highest BCUT2D eigenvalue weighted by Crippen LogP contribution is 2.35. The number of hydrogen-bond acceptors (Lipinski definition) is 3. The van der Waals surface area contributed by atoms with E-state index in [4.69, 9.17) is 4.74 Å². The van der Waals surface area contributed by atoms with E-state index in [1.165, 1.54) is 31.3 Å². The molecule has 0 aliphatic rings. The Hall–Kier alpha value is -3.36. The van der Waals surface area contributed by atoms with Crippen LogP contribution in [0.5, 0.6) is 5.75 Å². The zero-order valence-electron chi connectivity index (χ0n) is 13.9. The Morgan fingerprint density at radius 1 is 1.15 bits per heavy atom. The van der Waals surface area contributed by atoms with Crippen molar-refractivity contribution < 1.29 is 27.1 Å². The third-order valence-corrected chi connectivity index (χ3v) is 3.57. The minimum atomic E-state index is -4.77. The fraction of sp³-hybridized carbons (Fsp3) is 0.111. The average Bonchev–Trinajstić information content (AvgIpc) is 2.96. The van der Waals surface area contributed by atoms with E-state index in [1.807, 2.05) is 0 Å². The molecule has 27 heavy (non-hydrogen) atoms. The molecule has 1 N–H and O–H groups in total. The normalized spacial score (nSPS) is 11.3. The molecule has 0 saturated heterocycles. The molecule has 0 aliphatic carbocycles. The Labute approximate surface area is 151 Å². The molecule has 0 atom stereocenters. The number of carbonyl (C=O) groups is 1. The molecule has 0 bridgehead atoms. The van der Waals surface area contributed by atoms with E-state index in [1.54, 1.807) is 24.3 Å². The van der Waals surface area contributed by atoms with Crippen LogP contribution in [0.2, 0.25) is 0 Å². The van der Waals surface area contributed by atoms with Crippen LogP contribution in [0.1, 0.15) is 5.69 Å². The molecule has 3 rings (SSSR count). The van der Waals surface area contributed by atoms with Gasteiger partial charge in [0.1, 0.15) is 5.82 Å². The molecule has 3 aromatic rings. The number of halogens is 4. The highest BCUT2D eigenvalue weighted by Gasteiger charge is 2.38. The molecular weight excluding hydrogens is 366 g/mol. The topological polar surface area (TPSA) is 56.1 Å². The summed E-state index contributed by atoms with van der Waals surface area (Å²) in [5, 5.41) is 5.64. The fourth-order valence-corrected chi connectivity index (χ4v) is 2.47. The van der Waals surface area contributed by atoms with Crippen LogP contribution < -0.4 is 10.1 Å². The first-order valence-electron chi connectivity index (χ1n) is 7.68. The van der Waals surface area contributed by atoms with Gasteiger partial charge in [-0.1, -0.05) is 30.3 Å². The summed E-state index contributed by atoms with van der Waals surface area (Å²) in [4.78, 5) is 12.1. The third-order valence-electron chi connectivity index (χ3n) is 3.57. The molecule has 0 saturated carbocycles. The summed E-state index contributed by atoms with van der Waals surface area (Å²) in [6, 6.07) is 12.1. The highest BCUT2D eigenvalue weighted by molar-refractivity contribution is 5.92. The van der Waals surface area contributed by atoms with Gasteiger partial charge in [0.05, 0.1) is 11.9 Å². The summed E-state index contributed by atoms with van der Waals surface area (Å²) in [6.07, 6.45) is -4.95. The largest absolute Gasteiger partial charge is 0.438 e. The fourth-order valence-electron chi connectivity index (χ4n) is 2.47. The van der Waals surface area contributed by atoms with E-state index in [-0.39, 0.29) is 5.69 Å². The number of ether oxygens (including phenoxy) is 1. The van der Waals surface area contributed by atoms with Crippen LogP contribution in [0, 0.1) is 5.82 Å². The van der Waals surface area contributed by atoms with Gasteiger partial charge >= 0.3 is 12.3 Å².